The molecular weight excluding hydrogens is 373 g/mol. The monoisotopic (exact) mass is 389 g/mol. The van der Waals surface area contributed by atoms with Gasteiger partial charge in [0.25, 0.3) is 0 Å². The van der Waals surface area contributed by atoms with Crippen molar-refractivity contribution in [3.8, 4) is 0 Å². The van der Waals surface area contributed by atoms with Crippen molar-refractivity contribution >= 4 is 40.3 Å². The van der Waals surface area contributed by atoms with E-state index >= 15 is 0 Å². The molecule has 20 heavy (non-hydrogen) atoms. The van der Waals surface area contributed by atoms with Crippen molar-refractivity contribution < 1.29 is 14.7 Å². The number of aliphatic carboxylic acids is 1. The number of hydrogen-bond acceptors (Lipinski definition) is 3. The SMILES string of the molecule is O=C(O)CN1CCN(C(=O)Nc2ccccc2I)CC1. The van der Waals surface area contributed by atoms with E-state index in [4.69, 9.17) is 5.11 Å². The van der Waals surface area contributed by atoms with Gasteiger partial charge in [-0.1, -0.05) is 12.1 Å². The molecule has 0 radical (unpaired) electrons. The second-order valence-electron chi connectivity index (χ2n) is 4.57. The average molecular weight is 389 g/mol. The number of urea groups is 1. The number of para-hydroxylation sites is 1. The number of carbonyl (C=O) groups excluding carboxylic acids is 1. The third kappa shape index (κ3) is 4.07. The molecule has 1 aliphatic heterocycles. The van der Waals surface area contributed by atoms with Crippen LogP contribution in [0.2, 0.25) is 0 Å². The Hall–Kier alpha value is -1.35. The second-order valence-corrected chi connectivity index (χ2v) is 5.73. The van der Waals surface area contributed by atoms with Crippen molar-refractivity contribution in [1.82, 2.24) is 9.80 Å². The van der Waals surface area contributed by atoms with Crippen molar-refractivity contribution in [3.05, 3.63) is 27.8 Å². The minimum absolute atomic E-state index is 0.0338. The van der Waals surface area contributed by atoms with Gasteiger partial charge >= 0.3 is 12.0 Å². The van der Waals surface area contributed by atoms with Gasteiger partial charge in [0.05, 0.1) is 12.2 Å². The molecule has 1 aromatic carbocycles. The number of benzene rings is 1. The third-order valence-corrected chi connectivity index (χ3v) is 4.07. The summed E-state index contributed by atoms with van der Waals surface area (Å²) >= 11 is 2.17. The zero-order valence-corrected chi connectivity index (χ0v) is 13.0. The van der Waals surface area contributed by atoms with Gasteiger partial charge in [-0.15, -0.1) is 0 Å². The minimum Gasteiger partial charge on any atom is -0.480 e. The molecule has 2 amide bonds. The number of amides is 2. The number of nitrogens with one attached hydrogen (secondary N) is 1. The van der Waals surface area contributed by atoms with Crippen molar-refractivity contribution in [2.24, 2.45) is 0 Å². The summed E-state index contributed by atoms with van der Waals surface area (Å²) in [6, 6.07) is 7.45. The number of carboxylic acid groups (broad SMARTS) is 1. The Morgan fingerprint density at radius 1 is 1.20 bits per heavy atom. The fraction of sp³-hybridized carbons (Fsp3) is 0.385. The maximum atomic E-state index is 12.1. The van der Waals surface area contributed by atoms with Crippen LogP contribution in [0.3, 0.4) is 0 Å². The summed E-state index contributed by atoms with van der Waals surface area (Å²) in [5.41, 5.74) is 0.797. The molecule has 0 spiro atoms. The molecule has 1 aromatic rings. The van der Waals surface area contributed by atoms with Crippen molar-refractivity contribution in [2.45, 2.75) is 0 Å². The maximum absolute atomic E-state index is 12.1. The molecule has 0 aromatic heterocycles. The number of nitrogens with zero attached hydrogens (tertiary/aromatic N) is 2. The summed E-state index contributed by atoms with van der Waals surface area (Å²) in [6.45, 7) is 2.30. The van der Waals surface area contributed by atoms with E-state index in [2.05, 4.69) is 27.9 Å². The molecule has 0 saturated carbocycles. The number of carbonyl (C=O) groups is 2. The lowest BCUT2D eigenvalue weighted by atomic mass is 10.3. The van der Waals surface area contributed by atoms with E-state index in [-0.39, 0.29) is 12.6 Å². The van der Waals surface area contributed by atoms with E-state index in [0.717, 1.165) is 9.26 Å². The molecule has 0 bridgehead atoms. The van der Waals surface area contributed by atoms with Crippen LogP contribution in [0.15, 0.2) is 24.3 Å². The highest BCUT2D eigenvalue weighted by atomic mass is 127. The first-order valence-corrected chi connectivity index (χ1v) is 7.39. The molecule has 2 rings (SSSR count). The van der Waals surface area contributed by atoms with Gasteiger partial charge in [0.2, 0.25) is 0 Å². The lowest BCUT2D eigenvalue weighted by molar-refractivity contribution is -0.138. The Labute approximate surface area is 130 Å². The molecule has 1 saturated heterocycles. The average Bonchev–Trinajstić information content (AvgIpc) is 2.41. The van der Waals surface area contributed by atoms with Gasteiger partial charge in [-0.3, -0.25) is 9.69 Å². The number of hydrogen-bond donors (Lipinski definition) is 2. The number of anilines is 1. The zero-order chi connectivity index (χ0) is 14.5. The Kier molecular flexibility index (Phi) is 5.18. The zero-order valence-electron chi connectivity index (χ0n) is 10.9. The normalized spacial score (nSPS) is 15.9. The van der Waals surface area contributed by atoms with Crippen LogP contribution in [0.4, 0.5) is 10.5 Å². The maximum Gasteiger partial charge on any atom is 0.321 e. The molecule has 2 N–H and O–H groups in total. The van der Waals surface area contributed by atoms with E-state index < -0.39 is 5.97 Å². The first-order chi connectivity index (χ1) is 9.56. The third-order valence-electron chi connectivity index (χ3n) is 3.13. The lowest BCUT2D eigenvalue weighted by Crippen LogP contribution is -2.51. The van der Waals surface area contributed by atoms with E-state index in [1.54, 1.807) is 4.90 Å². The molecule has 108 valence electrons. The second kappa shape index (κ2) is 6.89. The van der Waals surface area contributed by atoms with Gasteiger partial charge in [0.1, 0.15) is 0 Å². The summed E-state index contributed by atoms with van der Waals surface area (Å²) in [5.74, 6) is -0.832. The van der Waals surface area contributed by atoms with Crippen LogP contribution in [0.25, 0.3) is 0 Å². The summed E-state index contributed by atoms with van der Waals surface area (Å²) in [5, 5.41) is 11.6. The molecule has 0 aliphatic carbocycles. The molecule has 0 unspecified atom stereocenters. The Bertz CT molecular complexity index is 501. The Morgan fingerprint density at radius 3 is 2.45 bits per heavy atom. The molecule has 0 atom stereocenters. The van der Waals surface area contributed by atoms with Gasteiger partial charge in [-0.05, 0) is 34.7 Å². The minimum atomic E-state index is -0.832. The van der Waals surface area contributed by atoms with Crippen LogP contribution in [-0.4, -0.2) is 59.6 Å². The molecular formula is C13H16IN3O3. The van der Waals surface area contributed by atoms with Gasteiger partial charge < -0.3 is 15.3 Å². The fourth-order valence-corrected chi connectivity index (χ4v) is 2.58. The summed E-state index contributed by atoms with van der Waals surface area (Å²) in [7, 11) is 0. The van der Waals surface area contributed by atoms with E-state index in [1.165, 1.54) is 0 Å². The number of rotatable bonds is 3. The van der Waals surface area contributed by atoms with Crippen LogP contribution < -0.4 is 5.32 Å². The summed E-state index contributed by atoms with van der Waals surface area (Å²) in [4.78, 5) is 26.3. The smallest absolute Gasteiger partial charge is 0.321 e. The Balaban J connectivity index is 1.86. The molecule has 1 heterocycles. The number of carboxylic acids is 1. The van der Waals surface area contributed by atoms with Crippen molar-refractivity contribution in [3.63, 3.8) is 0 Å². The van der Waals surface area contributed by atoms with Gasteiger partial charge in [-0.25, -0.2) is 4.79 Å². The fourth-order valence-electron chi connectivity index (χ4n) is 2.06. The number of halogens is 1. The topological polar surface area (TPSA) is 72.9 Å². The molecule has 7 heteroatoms. The molecule has 1 fully saturated rings. The molecule has 6 nitrogen and oxygen atoms in total. The van der Waals surface area contributed by atoms with Gasteiger partial charge in [0, 0.05) is 29.7 Å². The predicted molar refractivity (Wildman–Crippen MR) is 83.8 cm³/mol. The van der Waals surface area contributed by atoms with Gasteiger partial charge in [-0.2, -0.15) is 0 Å². The lowest BCUT2D eigenvalue weighted by Gasteiger charge is -2.33. The summed E-state index contributed by atoms with van der Waals surface area (Å²) in [6.07, 6.45) is 0. The van der Waals surface area contributed by atoms with Crippen LogP contribution >= 0.6 is 22.6 Å². The highest BCUT2D eigenvalue weighted by Gasteiger charge is 2.22. The first-order valence-electron chi connectivity index (χ1n) is 6.31. The molecule has 1 aliphatic rings. The van der Waals surface area contributed by atoms with Gasteiger partial charge in [0.15, 0.2) is 0 Å². The highest BCUT2D eigenvalue weighted by molar-refractivity contribution is 14.1. The Morgan fingerprint density at radius 2 is 1.85 bits per heavy atom. The van der Waals surface area contributed by atoms with Crippen LogP contribution in [0, 0.1) is 3.57 Å². The standard InChI is InChI=1S/C13H16IN3O3/c14-10-3-1-2-4-11(10)15-13(20)17-7-5-16(6-8-17)9-12(18)19/h1-4H,5-9H2,(H,15,20)(H,18,19). The predicted octanol–water partition coefficient (Wildman–Crippen LogP) is 1.53. The number of piperazine rings is 1. The quantitative estimate of drug-likeness (QED) is 0.770. The van der Waals surface area contributed by atoms with Crippen molar-refractivity contribution in [2.75, 3.05) is 38.0 Å². The van der Waals surface area contributed by atoms with Crippen molar-refractivity contribution in [1.29, 1.82) is 0 Å². The van der Waals surface area contributed by atoms with E-state index in [1.807, 2.05) is 29.2 Å². The van der Waals surface area contributed by atoms with Crippen LogP contribution in [0.5, 0.6) is 0 Å². The van der Waals surface area contributed by atoms with E-state index in [0.29, 0.717) is 26.2 Å². The summed E-state index contributed by atoms with van der Waals surface area (Å²) < 4.78 is 0.989. The highest BCUT2D eigenvalue weighted by Crippen LogP contribution is 2.17. The first kappa shape index (κ1) is 15.0. The van der Waals surface area contributed by atoms with Crippen LogP contribution in [0.1, 0.15) is 0 Å². The van der Waals surface area contributed by atoms with Crippen LogP contribution in [-0.2, 0) is 4.79 Å². The largest absolute Gasteiger partial charge is 0.480 e. The van der Waals surface area contributed by atoms with E-state index in [9.17, 15) is 9.59 Å².